The molecule has 196 valence electrons. The van der Waals surface area contributed by atoms with Crippen molar-refractivity contribution >= 4 is 21.4 Å². The van der Waals surface area contributed by atoms with E-state index < -0.39 is 63.1 Å². The highest BCUT2D eigenvalue weighted by Crippen LogP contribution is 2.38. The van der Waals surface area contributed by atoms with Gasteiger partial charge in [0.15, 0.2) is 23.5 Å². The van der Waals surface area contributed by atoms with Crippen LogP contribution in [0.4, 0.5) is 32.0 Å². The van der Waals surface area contributed by atoms with Gasteiger partial charge < -0.3 is 10.2 Å². The van der Waals surface area contributed by atoms with E-state index in [9.17, 15) is 39.6 Å². The first-order chi connectivity index (χ1) is 16.8. The zero-order chi connectivity index (χ0) is 26.4. The number of halogens is 6. The minimum absolute atomic E-state index is 0.0372. The predicted octanol–water partition coefficient (Wildman–Crippen LogP) is 3.96. The van der Waals surface area contributed by atoms with E-state index in [1.807, 2.05) is 0 Å². The van der Waals surface area contributed by atoms with Crippen molar-refractivity contribution in [2.75, 3.05) is 23.9 Å². The fraction of sp³-hybridized carbons (Fsp3) is 0.478. The molecule has 2 aromatic rings. The normalized spacial score (nSPS) is 20.6. The van der Waals surface area contributed by atoms with Crippen LogP contribution in [0.1, 0.15) is 35.7 Å². The van der Waals surface area contributed by atoms with Gasteiger partial charge in [-0.3, -0.25) is 9.78 Å². The first-order valence-corrected chi connectivity index (χ1v) is 13.0. The number of sulfone groups is 1. The van der Waals surface area contributed by atoms with Crippen LogP contribution < -0.4 is 5.32 Å². The van der Waals surface area contributed by atoms with Crippen molar-refractivity contribution in [3.8, 4) is 0 Å². The number of anilines is 1. The van der Waals surface area contributed by atoms with Gasteiger partial charge in [0.2, 0.25) is 5.91 Å². The zero-order valence-corrected chi connectivity index (χ0v) is 19.9. The van der Waals surface area contributed by atoms with Gasteiger partial charge in [-0.1, -0.05) is 0 Å². The fourth-order valence-corrected chi connectivity index (χ4v) is 6.29. The molecule has 1 aliphatic carbocycles. The SMILES string of the molecule is CN(C(=O)C1CCS(=O)(=O)CC1)[C@@H](c1ccc(NC2Cc3cc(F)c(F)c(F)c3C2)cn1)C(F)(F)F. The number of carbonyl (C=O) groups excluding carboxylic acids is 1. The number of pyridine rings is 1. The van der Waals surface area contributed by atoms with Crippen molar-refractivity contribution in [2.45, 2.75) is 43.9 Å². The summed E-state index contributed by atoms with van der Waals surface area (Å²) in [5, 5.41) is 2.98. The largest absolute Gasteiger partial charge is 0.414 e. The summed E-state index contributed by atoms with van der Waals surface area (Å²) in [7, 11) is -2.27. The van der Waals surface area contributed by atoms with Gasteiger partial charge in [-0.2, -0.15) is 13.2 Å². The number of nitrogens with one attached hydrogen (secondary N) is 1. The van der Waals surface area contributed by atoms with E-state index in [1.165, 1.54) is 6.07 Å². The number of hydrogen-bond donors (Lipinski definition) is 1. The van der Waals surface area contributed by atoms with E-state index in [0.29, 0.717) is 16.2 Å². The maximum absolute atomic E-state index is 14.0. The molecule has 0 radical (unpaired) electrons. The van der Waals surface area contributed by atoms with E-state index in [1.54, 1.807) is 0 Å². The summed E-state index contributed by atoms with van der Waals surface area (Å²) in [5.41, 5.74) is 0.229. The highest BCUT2D eigenvalue weighted by molar-refractivity contribution is 7.91. The molecule has 1 N–H and O–H groups in total. The standard InChI is InChI=1S/C23H23F6N3O3S/c1-32(22(33)12-4-6-36(34,35)7-5-12)21(23(27,28)29)18-3-2-14(11-30-18)31-15-8-13-9-17(24)20(26)19(25)16(13)10-15/h2-3,9,11-12,15,21,31H,4-8,10H2,1H3/t15?,21-/m0/s1. The van der Waals surface area contributed by atoms with E-state index in [-0.39, 0.29) is 42.8 Å². The molecule has 1 amide bonds. The number of aromatic nitrogens is 1. The molecule has 0 saturated carbocycles. The number of rotatable bonds is 5. The summed E-state index contributed by atoms with van der Waals surface area (Å²) in [6, 6.07) is 0.575. The average molecular weight is 536 g/mol. The highest BCUT2D eigenvalue weighted by atomic mass is 32.2. The van der Waals surface area contributed by atoms with Gasteiger partial charge in [0.25, 0.3) is 0 Å². The number of nitrogens with zero attached hydrogens (tertiary/aromatic N) is 2. The Morgan fingerprint density at radius 2 is 1.78 bits per heavy atom. The lowest BCUT2D eigenvalue weighted by molar-refractivity contribution is -0.191. The second-order valence-electron chi connectivity index (χ2n) is 9.16. The van der Waals surface area contributed by atoms with Gasteiger partial charge in [-0.15, -0.1) is 0 Å². The zero-order valence-electron chi connectivity index (χ0n) is 19.1. The number of hydrogen-bond acceptors (Lipinski definition) is 5. The number of fused-ring (bicyclic) bond motifs is 1. The summed E-state index contributed by atoms with van der Waals surface area (Å²) in [4.78, 5) is 17.2. The lowest BCUT2D eigenvalue weighted by Gasteiger charge is -2.33. The van der Waals surface area contributed by atoms with Crippen LogP contribution in [-0.4, -0.2) is 55.0 Å². The summed E-state index contributed by atoms with van der Waals surface area (Å²) in [6.45, 7) is 0. The molecule has 0 bridgehead atoms. The first-order valence-electron chi connectivity index (χ1n) is 11.2. The van der Waals surface area contributed by atoms with Crippen molar-refractivity contribution in [1.82, 2.24) is 9.88 Å². The second-order valence-corrected chi connectivity index (χ2v) is 11.5. The summed E-state index contributed by atoms with van der Waals surface area (Å²) < 4.78 is 106. The van der Waals surface area contributed by atoms with Crippen molar-refractivity contribution in [3.63, 3.8) is 0 Å². The maximum Gasteiger partial charge on any atom is 0.414 e. The van der Waals surface area contributed by atoms with Crippen LogP contribution in [0.2, 0.25) is 0 Å². The van der Waals surface area contributed by atoms with E-state index >= 15 is 0 Å². The van der Waals surface area contributed by atoms with Crippen LogP contribution in [0.25, 0.3) is 0 Å². The molecular weight excluding hydrogens is 512 g/mol. The Balaban J connectivity index is 1.47. The summed E-state index contributed by atoms with van der Waals surface area (Å²) >= 11 is 0. The van der Waals surface area contributed by atoms with Crippen LogP contribution in [-0.2, 0) is 27.5 Å². The Morgan fingerprint density at radius 3 is 2.36 bits per heavy atom. The Labute approximate surface area is 203 Å². The maximum atomic E-state index is 14.0. The Bertz CT molecular complexity index is 1250. The van der Waals surface area contributed by atoms with Crippen LogP contribution in [0.15, 0.2) is 24.4 Å². The van der Waals surface area contributed by atoms with Gasteiger partial charge in [-0.25, -0.2) is 21.6 Å². The third-order valence-electron chi connectivity index (χ3n) is 6.66. The van der Waals surface area contributed by atoms with Gasteiger partial charge in [0.1, 0.15) is 9.84 Å². The lowest BCUT2D eigenvalue weighted by atomic mass is 9.99. The van der Waals surface area contributed by atoms with Crippen LogP contribution in [0.3, 0.4) is 0 Å². The van der Waals surface area contributed by atoms with Crippen LogP contribution in [0, 0.1) is 23.4 Å². The molecule has 1 aliphatic heterocycles. The second kappa shape index (κ2) is 9.56. The Kier molecular flexibility index (Phi) is 6.97. The van der Waals surface area contributed by atoms with Crippen molar-refractivity contribution < 1.29 is 39.6 Å². The smallest absolute Gasteiger partial charge is 0.380 e. The molecule has 6 nitrogen and oxygen atoms in total. The molecule has 1 aromatic carbocycles. The first kappa shape index (κ1) is 26.2. The third kappa shape index (κ3) is 5.30. The monoisotopic (exact) mass is 535 g/mol. The van der Waals surface area contributed by atoms with Gasteiger partial charge in [-0.05, 0) is 55.0 Å². The molecule has 1 aromatic heterocycles. The predicted molar refractivity (Wildman–Crippen MR) is 118 cm³/mol. The minimum Gasteiger partial charge on any atom is -0.380 e. The Morgan fingerprint density at radius 1 is 1.11 bits per heavy atom. The molecule has 36 heavy (non-hydrogen) atoms. The Hall–Kier alpha value is -2.83. The molecule has 2 heterocycles. The average Bonchev–Trinajstić information content (AvgIpc) is 3.19. The molecular formula is C23H23F6N3O3S. The van der Waals surface area contributed by atoms with Crippen LogP contribution in [0.5, 0.6) is 0 Å². The molecule has 13 heteroatoms. The molecule has 1 unspecified atom stereocenters. The molecule has 2 atom stereocenters. The quantitative estimate of drug-likeness (QED) is 0.463. The van der Waals surface area contributed by atoms with Gasteiger partial charge in [0, 0.05) is 19.0 Å². The van der Waals surface area contributed by atoms with Crippen LogP contribution >= 0.6 is 0 Å². The molecule has 4 rings (SSSR count). The minimum atomic E-state index is -4.84. The lowest BCUT2D eigenvalue weighted by Crippen LogP contribution is -2.44. The number of alkyl halides is 3. The number of amides is 1. The summed E-state index contributed by atoms with van der Waals surface area (Å²) in [6.07, 6.45) is -3.54. The number of carbonyl (C=O) groups is 1. The van der Waals surface area contributed by atoms with Gasteiger partial charge >= 0.3 is 6.18 Å². The molecule has 1 saturated heterocycles. The van der Waals surface area contributed by atoms with E-state index in [0.717, 1.165) is 25.4 Å². The summed E-state index contributed by atoms with van der Waals surface area (Å²) in [5.74, 6) is -6.22. The molecule has 0 spiro atoms. The van der Waals surface area contributed by atoms with Crippen molar-refractivity contribution in [3.05, 3.63) is 58.7 Å². The van der Waals surface area contributed by atoms with Crippen molar-refractivity contribution in [2.24, 2.45) is 5.92 Å². The van der Waals surface area contributed by atoms with Crippen molar-refractivity contribution in [1.29, 1.82) is 0 Å². The fourth-order valence-electron chi connectivity index (χ4n) is 4.80. The third-order valence-corrected chi connectivity index (χ3v) is 8.37. The van der Waals surface area contributed by atoms with E-state index in [4.69, 9.17) is 0 Å². The topological polar surface area (TPSA) is 79.4 Å². The molecule has 2 aliphatic rings. The molecule has 1 fully saturated rings. The van der Waals surface area contributed by atoms with Gasteiger partial charge in [0.05, 0.1) is 29.1 Å². The van der Waals surface area contributed by atoms with E-state index in [2.05, 4.69) is 10.3 Å². The number of benzene rings is 1. The highest BCUT2D eigenvalue weighted by Gasteiger charge is 2.47.